The molecule has 1 fully saturated rings. The molecule has 24 heavy (non-hydrogen) atoms. The van der Waals surface area contributed by atoms with Crippen molar-refractivity contribution in [3.8, 4) is 0 Å². The summed E-state index contributed by atoms with van der Waals surface area (Å²) in [5.41, 5.74) is 2.69. The van der Waals surface area contributed by atoms with E-state index in [-0.39, 0.29) is 0 Å². The predicted molar refractivity (Wildman–Crippen MR) is 103 cm³/mol. The number of nitrogens with zero attached hydrogens (tertiary/aromatic N) is 4. The van der Waals surface area contributed by atoms with E-state index in [0.717, 1.165) is 44.0 Å². The van der Waals surface area contributed by atoms with E-state index in [4.69, 9.17) is 0 Å². The van der Waals surface area contributed by atoms with Crippen LogP contribution in [0.4, 0.5) is 0 Å². The van der Waals surface area contributed by atoms with Crippen molar-refractivity contribution in [2.45, 2.75) is 30.8 Å². The third-order valence-corrected chi connectivity index (χ3v) is 5.81. The van der Waals surface area contributed by atoms with E-state index in [1.54, 1.807) is 11.8 Å². The maximum absolute atomic E-state index is 4.64. The Balaban J connectivity index is 1.45. The van der Waals surface area contributed by atoms with Crippen molar-refractivity contribution in [3.05, 3.63) is 22.7 Å². The molecular formula is C17H20BrN5S. The normalized spacial score (nSPS) is 16.7. The van der Waals surface area contributed by atoms with Gasteiger partial charge in [0.15, 0.2) is 5.65 Å². The zero-order chi connectivity index (χ0) is 16.4. The highest BCUT2D eigenvalue weighted by Gasteiger charge is 2.11. The third-order valence-electron chi connectivity index (χ3n) is 4.49. The Morgan fingerprint density at radius 1 is 1.12 bits per heavy atom. The number of nitrogens with one attached hydrogen (secondary N) is 1. The molecule has 3 aromatic rings. The minimum atomic E-state index is 0.753. The number of H-pyrrole nitrogens is 1. The van der Waals surface area contributed by atoms with E-state index in [9.17, 15) is 0 Å². The fourth-order valence-electron chi connectivity index (χ4n) is 3.22. The van der Waals surface area contributed by atoms with Gasteiger partial charge in [0.2, 0.25) is 5.16 Å². The van der Waals surface area contributed by atoms with Crippen LogP contribution in [0.5, 0.6) is 0 Å². The van der Waals surface area contributed by atoms with Crippen LogP contribution in [0.25, 0.3) is 22.1 Å². The fraction of sp³-hybridized carbons (Fsp3) is 0.471. The summed E-state index contributed by atoms with van der Waals surface area (Å²) in [6, 6.07) is 6.10. The first-order valence-corrected chi connectivity index (χ1v) is 10.2. The minimum Gasteiger partial charge on any atom is -0.338 e. The zero-order valence-electron chi connectivity index (χ0n) is 13.5. The number of fused-ring (bicyclic) bond motifs is 3. The number of halogens is 1. The topological polar surface area (TPSA) is 57.7 Å². The molecule has 3 heterocycles. The van der Waals surface area contributed by atoms with Gasteiger partial charge in [-0.15, -0.1) is 10.2 Å². The van der Waals surface area contributed by atoms with Crippen molar-refractivity contribution in [1.29, 1.82) is 0 Å². The van der Waals surface area contributed by atoms with E-state index in [1.165, 1.54) is 38.8 Å². The standard InChI is InChI=1S/C17H20BrN5S/c18-12-5-6-14-13(11-12)15-16(19-14)20-17(22-21-15)24-10-9-23-7-3-1-2-4-8-23/h5-6,11H,1-4,7-10H2,(H,19,20,22). The molecule has 7 heteroatoms. The number of benzene rings is 1. The molecule has 0 amide bonds. The monoisotopic (exact) mass is 405 g/mol. The number of hydrogen-bond acceptors (Lipinski definition) is 5. The smallest absolute Gasteiger partial charge is 0.211 e. The molecule has 0 aliphatic carbocycles. The highest BCUT2D eigenvalue weighted by molar-refractivity contribution is 9.10. The summed E-state index contributed by atoms with van der Waals surface area (Å²) in [5.74, 6) is 1.01. The Hall–Kier alpha value is -1.18. The van der Waals surface area contributed by atoms with Crippen LogP contribution in [-0.4, -0.2) is 50.5 Å². The first-order valence-electron chi connectivity index (χ1n) is 8.46. The van der Waals surface area contributed by atoms with Gasteiger partial charge in [-0.3, -0.25) is 0 Å². The molecule has 1 N–H and O–H groups in total. The van der Waals surface area contributed by atoms with Gasteiger partial charge in [-0.2, -0.15) is 0 Å². The number of likely N-dealkylation sites (tertiary alicyclic amines) is 1. The summed E-state index contributed by atoms with van der Waals surface area (Å²) in [6.07, 6.45) is 5.42. The van der Waals surface area contributed by atoms with Crippen LogP contribution in [0.1, 0.15) is 25.7 Å². The molecule has 1 aromatic carbocycles. The van der Waals surface area contributed by atoms with Gasteiger partial charge in [0.1, 0.15) is 5.52 Å². The number of hydrogen-bond donors (Lipinski definition) is 1. The van der Waals surface area contributed by atoms with Crippen molar-refractivity contribution in [3.63, 3.8) is 0 Å². The van der Waals surface area contributed by atoms with Crippen LogP contribution in [-0.2, 0) is 0 Å². The Labute approximate surface area is 153 Å². The lowest BCUT2D eigenvalue weighted by molar-refractivity contribution is 0.303. The SMILES string of the molecule is Brc1ccc2[nH]c3nc(SCCN4CCCCCC4)nnc3c2c1. The minimum absolute atomic E-state index is 0.753. The van der Waals surface area contributed by atoms with Crippen LogP contribution in [0.3, 0.4) is 0 Å². The maximum Gasteiger partial charge on any atom is 0.211 e. The number of rotatable bonds is 4. The van der Waals surface area contributed by atoms with Gasteiger partial charge in [0.25, 0.3) is 0 Å². The van der Waals surface area contributed by atoms with E-state index < -0.39 is 0 Å². The molecule has 0 spiro atoms. The Bertz CT molecular complexity index is 841. The molecule has 1 aliphatic rings. The van der Waals surface area contributed by atoms with Crippen LogP contribution in [0.2, 0.25) is 0 Å². The van der Waals surface area contributed by atoms with Crippen LogP contribution < -0.4 is 0 Å². The van der Waals surface area contributed by atoms with Crippen molar-refractivity contribution < 1.29 is 0 Å². The average Bonchev–Trinajstić information content (AvgIpc) is 2.75. The Morgan fingerprint density at radius 2 is 1.96 bits per heavy atom. The second-order valence-corrected chi connectivity index (χ2v) is 8.19. The fourth-order valence-corrected chi connectivity index (χ4v) is 4.36. The molecule has 4 rings (SSSR count). The van der Waals surface area contributed by atoms with Gasteiger partial charge in [0, 0.05) is 27.7 Å². The summed E-state index contributed by atoms with van der Waals surface area (Å²) >= 11 is 5.20. The van der Waals surface area contributed by atoms with Crippen LogP contribution in [0.15, 0.2) is 27.8 Å². The highest BCUT2D eigenvalue weighted by atomic mass is 79.9. The van der Waals surface area contributed by atoms with Gasteiger partial charge in [0.05, 0.1) is 0 Å². The maximum atomic E-state index is 4.64. The van der Waals surface area contributed by atoms with Crippen molar-refractivity contribution >= 4 is 49.8 Å². The zero-order valence-corrected chi connectivity index (χ0v) is 15.9. The van der Waals surface area contributed by atoms with Gasteiger partial charge >= 0.3 is 0 Å². The molecule has 0 atom stereocenters. The number of aromatic amines is 1. The van der Waals surface area contributed by atoms with E-state index in [2.05, 4.69) is 47.1 Å². The largest absolute Gasteiger partial charge is 0.338 e. The second kappa shape index (κ2) is 7.37. The van der Waals surface area contributed by atoms with Crippen LogP contribution in [0, 0.1) is 0 Å². The first-order chi connectivity index (χ1) is 11.8. The summed E-state index contributed by atoms with van der Waals surface area (Å²) in [4.78, 5) is 10.5. The molecule has 0 radical (unpaired) electrons. The van der Waals surface area contributed by atoms with Gasteiger partial charge in [-0.05, 0) is 44.1 Å². The average molecular weight is 406 g/mol. The molecule has 1 aliphatic heterocycles. The summed E-state index contributed by atoms with van der Waals surface area (Å²) < 4.78 is 1.04. The predicted octanol–water partition coefficient (Wildman–Crippen LogP) is 4.24. The molecule has 2 aromatic heterocycles. The lowest BCUT2D eigenvalue weighted by Crippen LogP contribution is -2.27. The Kier molecular flexibility index (Phi) is 5.01. The molecule has 0 saturated carbocycles. The van der Waals surface area contributed by atoms with Crippen molar-refractivity contribution in [2.75, 3.05) is 25.4 Å². The van der Waals surface area contributed by atoms with E-state index in [0.29, 0.717) is 0 Å². The molecule has 0 unspecified atom stereocenters. The second-order valence-electron chi connectivity index (χ2n) is 6.21. The summed E-state index contributed by atoms with van der Waals surface area (Å²) in [6.45, 7) is 3.57. The third kappa shape index (κ3) is 3.58. The summed E-state index contributed by atoms with van der Waals surface area (Å²) in [5, 5.41) is 10.5. The van der Waals surface area contributed by atoms with Gasteiger partial charge in [-0.25, -0.2) is 4.98 Å². The molecular weight excluding hydrogens is 386 g/mol. The van der Waals surface area contributed by atoms with Gasteiger partial charge < -0.3 is 9.88 Å². The Morgan fingerprint density at radius 3 is 2.79 bits per heavy atom. The first kappa shape index (κ1) is 16.3. The molecule has 1 saturated heterocycles. The quantitative estimate of drug-likeness (QED) is 0.657. The van der Waals surface area contributed by atoms with Crippen molar-refractivity contribution in [2.24, 2.45) is 0 Å². The summed E-state index contributed by atoms with van der Waals surface area (Å²) in [7, 11) is 0. The van der Waals surface area contributed by atoms with Crippen molar-refractivity contribution in [1.82, 2.24) is 25.1 Å². The molecule has 5 nitrogen and oxygen atoms in total. The highest BCUT2D eigenvalue weighted by Crippen LogP contribution is 2.26. The van der Waals surface area contributed by atoms with Crippen LogP contribution >= 0.6 is 27.7 Å². The van der Waals surface area contributed by atoms with E-state index >= 15 is 0 Å². The molecule has 126 valence electrons. The lowest BCUT2D eigenvalue weighted by atomic mass is 10.2. The molecule has 0 bridgehead atoms. The lowest BCUT2D eigenvalue weighted by Gasteiger charge is -2.18. The van der Waals surface area contributed by atoms with Gasteiger partial charge in [-0.1, -0.05) is 40.5 Å². The van der Waals surface area contributed by atoms with E-state index in [1.807, 2.05) is 12.1 Å². The number of aromatic nitrogens is 4. The number of thioether (sulfide) groups is 1.